The maximum Gasteiger partial charge on any atom is 0.323 e. The van der Waals surface area contributed by atoms with Gasteiger partial charge in [-0.15, -0.1) is 5.10 Å². The minimum Gasteiger partial charge on any atom is -0.468 e. The average Bonchev–Trinajstić information content (AvgIpc) is 3.06. The van der Waals surface area contributed by atoms with E-state index in [-0.39, 0.29) is 12.0 Å². The van der Waals surface area contributed by atoms with E-state index >= 15 is 0 Å². The van der Waals surface area contributed by atoms with Crippen LogP contribution in [0.4, 0.5) is 0 Å². The molecule has 7 nitrogen and oxygen atoms in total. The van der Waals surface area contributed by atoms with Gasteiger partial charge in [-0.1, -0.05) is 11.8 Å². The number of carbonyl (C=O) groups excluding carboxylic acids is 1. The van der Waals surface area contributed by atoms with Crippen molar-refractivity contribution in [3.05, 3.63) is 0 Å². The van der Waals surface area contributed by atoms with Crippen molar-refractivity contribution in [2.75, 3.05) is 12.9 Å². The Morgan fingerprint density at radius 2 is 2.47 bits per heavy atom. The van der Waals surface area contributed by atoms with Crippen molar-refractivity contribution >= 4 is 17.7 Å². The third-order valence-corrected chi connectivity index (χ3v) is 3.56. The van der Waals surface area contributed by atoms with Gasteiger partial charge in [0.15, 0.2) is 0 Å². The highest BCUT2D eigenvalue weighted by atomic mass is 32.2. The highest BCUT2D eigenvalue weighted by Crippen LogP contribution is 2.21. The highest BCUT2D eigenvalue weighted by molar-refractivity contribution is 7.99. The summed E-state index contributed by atoms with van der Waals surface area (Å²) in [7, 11) is 3.17. The molecule has 1 unspecified atom stereocenters. The molecule has 0 amide bonds. The van der Waals surface area contributed by atoms with E-state index in [1.807, 2.05) is 0 Å². The summed E-state index contributed by atoms with van der Waals surface area (Å²) in [6.07, 6.45) is 2.26. The number of methoxy groups -OCH3 is 1. The first-order chi connectivity index (χ1) is 8.20. The van der Waals surface area contributed by atoms with Crippen LogP contribution in [0, 0.1) is 0 Å². The molecule has 1 saturated carbocycles. The second-order valence-electron chi connectivity index (χ2n) is 3.91. The molecule has 2 rings (SSSR count). The van der Waals surface area contributed by atoms with Crippen LogP contribution < -0.4 is 5.32 Å². The first-order valence-electron chi connectivity index (χ1n) is 5.39. The molecule has 1 aliphatic rings. The number of hydrogen-bond donors (Lipinski definition) is 1. The fraction of sp³-hybridized carbons (Fsp3) is 0.778. The molecule has 0 aliphatic heterocycles. The smallest absolute Gasteiger partial charge is 0.323 e. The lowest BCUT2D eigenvalue weighted by Gasteiger charge is -2.14. The molecule has 0 radical (unpaired) electrons. The number of nitrogens with one attached hydrogen (secondary N) is 1. The molecule has 8 heteroatoms. The van der Waals surface area contributed by atoms with Gasteiger partial charge < -0.3 is 10.1 Å². The van der Waals surface area contributed by atoms with Crippen LogP contribution >= 0.6 is 11.8 Å². The second kappa shape index (κ2) is 5.46. The summed E-state index contributed by atoms with van der Waals surface area (Å²) in [5.74, 6) is 0.330. The normalized spacial score (nSPS) is 16.8. The number of aryl methyl sites for hydroxylation is 1. The number of nitrogens with zero attached hydrogens (tertiary/aromatic N) is 4. The molecule has 17 heavy (non-hydrogen) atoms. The second-order valence-corrected chi connectivity index (χ2v) is 4.90. The van der Waals surface area contributed by atoms with Crippen molar-refractivity contribution in [1.82, 2.24) is 25.5 Å². The van der Waals surface area contributed by atoms with Crippen molar-refractivity contribution < 1.29 is 9.53 Å². The standard InChI is InChI=1S/C9H15N5O2S/c1-14-9(11-12-13-14)17-5-7(8(15)16-2)10-6-3-4-6/h6-7,10H,3-5H2,1-2H3. The van der Waals surface area contributed by atoms with Crippen molar-refractivity contribution in [2.45, 2.75) is 30.1 Å². The maximum absolute atomic E-state index is 11.6. The van der Waals surface area contributed by atoms with Crippen LogP contribution in [0.3, 0.4) is 0 Å². The quantitative estimate of drug-likeness (QED) is 0.548. The Morgan fingerprint density at radius 3 is 3.00 bits per heavy atom. The van der Waals surface area contributed by atoms with Gasteiger partial charge in [0, 0.05) is 18.8 Å². The number of ether oxygens (including phenoxy) is 1. The predicted molar refractivity (Wildman–Crippen MR) is 61.5 cm³/mol. The Balaban J connectivity index is 1.88. The summed E-state index contributed by atoms with van der Waals surface area (Å²) in [6, 6.07) is 0.159. The Hall–Kier alpha value is -1.15. The van der Waals surface area contributed by atoms with Gasteiger partial charge in [0.1, 0.15) is 6.04 Å². The van der Waals surface area contributed by atoms with Crippen molar-refractivity contribution in [1.29, 1.82) is 0 Å². The molecule has 1 aromatic heterocycles. The molecule has 1 fully saturated rings. The molecule has 1 N–H and O–H groups in total. The number of esters is 1. The number of carbonyl (C=O) groups is 1. The summed E-state index contributed by atoms with van der Waals surface area (Å²) < 4.78 is 6.35. The molecule has 94 valence electrons. The van der Waals surface area contributed by atoms with Crippen molar-refractivity contribution in [2.24, 2.45) is 7.05 Å². The summed E-state index contributed by atoms with van der Waals surface area (Å²) >= 11 is 1.44. The lowest BCUT2D eigenvalue weighted by Crippen LogP contribution is -2.41. The Bertz CT molecular complexity index is 392. The molecule has 1 aromatic rings. The Morgan fingerprint density at radius 1 is 1.71 bits per heavy atom. The summed E-state index contributed by atoms with van der Waals surface area (Å²) in [5, 5.41) is 15.1. The van der Waals surface area contributed by atoms with Crippen molar-refractivity contribution in [3.8, 4) is 0 Å². The van der Waals surface area contributed by atoms with E-state index in [0.717, 1.165) is 12.8 Å². The van der Waals surface area contributed by atoms with Crippen LogP contribution in [-0.2, 0) is 16.6 Å². The minimum atomic E-state index is -0.297. The Kier molecular flexibility index (Phi) is 3.95. The zero-order chi connectivity index (χ0) is 12.3. The third kappa shape index (κ3) is 3.40. The SMILES string of the molecule is COC(=O)C(CSc1nnnn1C)NC1CC1. The van der Waals surface area contributed by atoms with Crippen molar-refractivity contribution in [3.63, 3.8) is 0 Å². The topological polar surface area (TPSA) is 81.9 Å². The number of aromatic nitrogens is 4. The largest absolute Gasteiger partial charge is 0.468 e. The van der Waals surface area contributed by atoms with Crippen LogP contribution in [0.1, 0.15) is 12.8 Å². The molecule has 0 bridgehead atoms. The first-order valence-corrected chi connectivity index (χ1v) is 6.38. The number of thioether (sulfide) groups is 1. The van der Waals surface area contributed by atoms with E-state index in [9.17, 15) is 4.79 Å². The van der Waals surface area contributed by atoms with Gasteiger partial charge in [0.2, 0.25) is 5.16 Å². The highest BCUT2D eigenvalue weighted by Gasteiger charge is 2.29. The monoisotopic (exact) mass is 257 g/mol. The van der Waals surface area contributed by atoms with Crippen LogP contribution in [0.2, 0.25) is 0 Å². The van der Waals surface area contributed by atoms with Crippen LogP contribution in [0.5, 0.6) is 0 Å². The first kappa shape index (κ1) is 12.3. The molecular formula is C9H15N5O2S. The average molecular weight is 257 g/mol. The lowest BCUT2D eigenvalue weighted by atomic mass is 10.3. The summed E-state index contributed by atoms with van der Waals surface area (Å²) in [6.45, 7) is 0. The van der Waals surface area contributed by atoms with Gasteiger partial charge in [0.05, 0.1) is 7.11 Å². The minimum absolute atomic E-state index is 0.237. The fourth-order valence-corrected chi connectivity index (χ4v) is 2.23. The number of hydrogen-bond acceptors (Lipinski definition) is 7. The fourth-order valence-electron chi connectivity index (χ4n) is 1.36. The van der Waals surface area contributed by atoms with Crippen LogP contribution in [-0.4, -0.2) is 51.1 Å². The van der Waals surface area contributed by atoms with Gasteiger partial charge in [-0.05, 0) is 23.3 Å². The van der Waals surface area contributed by atoms with Gasteiger partial charge in [0.25, 0.3) is 0 Å². The van der Waals surface area contributed by atoms with Gasteiger partial charge in [-0.3, -0.25) is 4.79 Å². The van der Waals surface area contributed by atoms with E-state index in [1.165, 1.54) is 18.9 Å². The Labute approximate surface area is 103 Å². The molecule has 1 aliphatic carbocycles. The molecule has 0 spiro atoms. The van der Waals surface area contributed by atoms with E-state index in [1.54, 1.807) is 11.7 Å². The van der Waals surface area contributed by atoms with Gasteiger partial charge in [-0.25, -0.2) is 4.68 Å². The van der Waals surface area contributed by atoms with E-state index < -0.39 is 0 Å². The molecule has 0 aromatic carbocycles. The van der Waals surface area contributed by atoms with Crippen LogP contribution in [0.15, 0.2) is 5.16 Å². The maximum atomic E-state index is 11.6. The molecule has 1 atom stereocenters. The van der Waals surface area contributed by atoms with Gasteiger partial charge >= 0.3 is 5.97 Å². The zero-order valence-corrected chi connectivity index (χ0v) is 10.6. The summed E-state index contributed by atoms with van der Waals surface area (Å²) in [4.78, 5) is 11.6. The lowest BCUT2D eigenvalue weighted by molar-refractivity contribution is -0.142. The predicted octanol–water partition coefficient (Wildman–Crippen LogP) is -0.404. The summed E-state index contributed by atoms with van der Waals surface area (Å²) in [5.41, 5.74) is 0. The van der Waals surface area contributed by atoms with Crippen LogP contribution in [0.25, 0.3) is 0 Å². The van der Waals surface area contributed by atoms with E-state index in [0.29, 0.717) is 17.0 Å². The van der Waals surface area contributed by atoms with E-state index in [2.05, 4.69) is 20.8 Å². The third-order valence-electron chi connectivity index (χ3n) is 2.46. The number of tetrazole rings is 1. The molecule has 1 heterocycles. The van der Waals surface area contributed by atoms with Gasteiger partial charge in [-0.2, -0.15) is 0 Å². The van der Waals surface area contributed by atoms with E-state index in [4.69, 9.17) is 4.74 Å². The molecular weight excluding hydrogens is 242 g/mol. The zero-order valence-electron chi connectivity index (χ0n) is 9.79. The number of rotatable bonds is 6. The molecule has 0 saturated heterocycles.